The van der Waals surface area contributed by atoms with Crippen molar-refractivity contribution in [3.05, 3.63) is 0 Å². The second-order valence-corrected chi connectivity index (χ2v) is 5.02. The van der Waals surface area contributed by atoms with Crippen LogP contribution < -0.4 is 5.32 Å². The van der Waals surface area contributed by atoms with E-state index in [-0.39, 0.29) is 23.8 Å². The van der Waals surface area contributed by atoms with Crippen LogP contribution in [0.1, 0.15) is 34.6 Å². The van der Waals surface area contributed by atoms with E-state index in [0.717, 1.165) is 0 Å². The molecular weight excluding hydrogens is 202 g/mol. The van der Waals surface area contributed by atoms with Gasteiger partial charge in [-0.3, -0.25) is 4.79 Å². The van der Waals surface area contributed by atoms with Crippen LogP contribution in [0, 0.1) is 17.8 Å². The second-order valence-electron chi connectivity index (χ2n) is 5.02. The molecular formula is C13H27NO2. The summed E-state index contributed by atoms with van der Waals surface area (Å²) in [5.74, 6) is 1.15. The van der Waals surface area contributed by atoms with Crippen LogP contribution in [0.3, 0.4) is 0 Å². The summed E-state index contributed by atoms with van der Waals surface area (Å²) in [5.41, 5.74) is 0. The molecule has 0 aliphatic carbocycles. The predicted octanol–water partition coefficient (Wildman–Crippen LogP) is 2.11. The molecule has 0 aliphatic rings. The third kappa shape index (κ3) is 3.87. The number of ether oxygens (including phenoxy) is 1. The summed E-state index contributed by atoms with van der Waals surface area (Å²) in [4.78, 5) is 11.4. The Balaban J connectivity index is 4.81. The van der Waals surface area contributed by atoms with Crippen LogP contribution in [0.2, 0.25) is 0 Å². The Kier molecular flexibility index (Phi) is 6.84. The molecule has 4 atom stereocenters. The van der Waals surface area contributed by atoms with Gasteiger partial charge in [-0.1, -0.05) is 27.7 Å². The molecule has 1 unspecified atom stereocenters. The van der Waals surface area contributed by atoms with Gasteiger partial charge in [-0.15, -0.1) is 0 Å². The lowest BCUT2D eigenvalue weighted by molar-refractivity contribution is -0.125. The number of rotatable bonds is 7. The molecule has 0 radical (unpaired) electrons. The molecule has 3 nitrogen and oxygen atoms in total. The van der Waals surface area contributed by atoms with E-state index < -0.39 is 0 Å². The Morgan fingerprint density at radius 3 is 1.94 bits per heavy atom. The zero-order chi connectivity index (χ0) is 12.9. The minimum Gasteiger partial charge on any atom is -0.379 e. The van der Waals surface area contributed by atoms with Crippen molar-refractivity contribution < 1.29 is 9.53 Å². The molecule has 96 valence electrons. The fourth-order valence-corrected chi connectivity index (χ4v) is 2.03. The molecule has 1 N–H and O–H groups in total. The van der Waals surface area contributed by atoms with Crippen LogP contribution in [0.5, 0.6) is 0 Å². The Hall–Kier alpha value is -0.410. The molecule has 0 rings (SSSR count). The SMILES string of the molecule is CN[C@@H](C(OC)[C@H](C)C(C)=O)[C@H](C)C(C)C. The average molecular weight is 229 g/mol. The van der Waals surface area contributed by atoms with E-state index in [2.05, 4.69) is 26.1 Å². The van der Waals surface area contributed by atoms with Gasteiger partial charge in [0.05, 0.1) is 6.10 Å². The number of hydrogen-bond donors (Lipinski definition) is 1. The highest BCUT2D eigenvalue weighted by Crippen LogP contribution is 2.23. The standard InChI is InChI=1S/C13H27NO2/c1-8(2)9(3)12(14-6)13(16-7)10(4)11(5)15/h8-10,12-14H,1-7H3/t9-,10-,12-,13?/m1/s1. The highest BCUT2D eigenvalue weighted by molar-refractivity contribution is 5.78. The largest absolute Gasteiger partial charge is 0.379 e. The molecule has 0 aliphatic heterocycles. The summed E-state index contributed by atoms with van der Waals surface area (Å²) in [6.45, 7) is 10.2. The van der Waals surface area contributed by atoms with E-state index in [1.54, 1.807) is 14.0 Å². The van der Waals surface area contributed by atoms with E-state index in [9.17, 15) is 4.79 Å². The Bertz CT molecular complexity index is 216. The van der Waals surface area contributed by atoms with Gasteiger partial charge in [0.15, 0.2) is 0 Å². The number of ketones is 1. The van der Waals surface area contributed by atoms with Crippen LogP contribution in [-0.4, -0.2) is 32.1 Å². The van der Waals surface area contributed by atoms with Crippen LogP contribution in [0.15, 0.2) is 0 Å². The summed E-state index contributed by atoms with van der Waals surface area (Å²) in [6.07, 6.45) is -0.0556. The molecule has 16 heavy (non-hydrogen) atoms. The number of Topliss-reactive ketones (excluding diaryl/α,β-unsaturated/α-hetero) is 1. The van der Waals surface area contributed by atoms with Crippen molar-refractivity contribution in [2.45, 2.75) is 46.8 Å². The highest BCUT2D eigenvalue weighted by Gasteiger charge is 2.33. The first-order valence-electron chi connectivity index (χ1n) is 6.07. The third-order valence-corrected chi connectivity index (χ3v) is 3.71. The summed E-state index contributed by atoms with van der Waals surface area (Å²) in [7, 11) is 3.61. The van der Waals surface area contributed by atoms with Crippen molar-refractivity contribution in [3.8, 4) is 0 Å². The number of carbonyl (C=O) groups excluding carboxylic acids is 1. The topological polar surface area (TPSA) is 38.3 Å². The van der Waals surface area contributed by atoms with Gasteiger partial charge in [-0.25, -0.2) is 0 Å². The lowest BCUT2D eigenvalue weighted by atomic mass is 9.82. The minimum absolute atomic E-state index is 0.0556. The van der Waals surface area contributed by atoms with Gasteiger partial charge in [0.2, 0.25) is 0 Å². The van der Waals surface area contributed by atoms with Gasteiger partial charge in [0.25, 0.3) is 0 Å². The molecule has 0 aromatic rings. The van der Waals surface area contributed by atoms with E-state index >= 15 is 0 Å². The normalized spacial score (nSPS) is 19.2. The van der Waals surface area contributed by atoms with Gasteiger partial charge in [0, 0.05) is 19.1 Å². The van der Waals surface area contributed by atoms with Gasteiger partial charge in [0.1, 0.15) is 5.78 Å². The van der Waals surface area contributed by atoms with Crippen molar-refractivity contribution >= 4 is 5.78 Å². The third-order valence-electron chi connectivity index (χ3n) is 3.71. The first-order chi connectivity index (χ1) is 7.36. The first kappa shape index (κ1) is 15.6. The number of hydrogen-bond acceptors (Lipinski definition) is 3. The quantitative estimate of drug-likeness (QED) is 0.726. The van der Waals surface area contributed by atoms with Gasteiger partial charge < -0.3 is 10.1 Å². The molecule has 0 saturated carbocycles. The maximum atomic E-state index is 11.4. The number of nitrogens with one attached hydrogen (secondary N) is 1. The van der Waals surface area contributed by atoms with Crippen LogP contribution in [0.25, 0.3) is 0 Å². The molecule has 3 heteroatoms. The summed E-state index contributed by atoms with van der Waals surface area (Å²) < 4.78 is 5.51. The average Bonchev–Trinajstić information content (AvgIpc) is 2.23. The lowest BCUT2D eigenvalue weighted by Crippen LogP contribution is -2.49. The molecule has 0 saturated heterocycles. The van der Waals surface area contributed by atoms with Crippen molar-refractivity contribution in [3.63, 3.8) is 0 Å². The predicted molar refractivity (Wildman–Crippen MR) is 67.5 cm³/mol. The van der Waals surface area contributed by atoms with E-state index in [1.807, 2.05) is 14.0 Å². The zero-order valence-corrected chi connectivity index (χ0v) is 11.7. The molecule has 0 heterocycles. The zero-order valence-electron chi connectivity index (χ0n) is 11.7. The van der Waals surface area contributed by atoms with Gasteiger partial charge in [-0.2, -0.15) is 0 Å². The Labute approximate surface area is 99.9 Å². The van der Waals surface area contributed by atoms with Crippen LogP contribution >= 0.6 is 0 Å². The highest BCUT2D eigenvalue weighted by atomic mass is 16.5. The molecule has 0 spiro atoms. The van der Waals surface area contributed by atoms with Crippen molar-refractivity contribution in [2.75, 3.05) is 14.2 Å². The molecule has 0 aromatic heterocycles. The van der Waals surface area contributed by atoms with Gasteiger partial charge in [-0.05, 0) is 25.8 Å². The van der Waals surface area contributed by atoms with Crippen LogP contribution in [0.4, 0.5) is 0 Å². The number of likely N-dealkylation sites (N-methyl/N-ethyl adjacent to an activating group) is 1. The maximum Gasteiger partial charge on any atom is 0.135 e. The smallest absolute Gasteiger partial charge is 0.135 e. The van der Waals surface area contributed by atoms with E-state index in [0.29, 0.717) is 11.8 Å². The molecule has 0 amide bonds. The Morgan fingerprint density at radius 2 is 1.69 bits per heavy atom. The maximum absolute atomic E-state index is 11.4. The van der Waals surface area contributed by atoms with Crippen molar-refractivity contribution in [1.82, 2.24) is 5.32 Å². The van der Waals surface area contributed by atoms with E-state index in [1.165, 1.54) is 0 Å². The van der Waals surface area contributed by atoms with Gasteiger partial charge >= 0.3 is 0 Å². The first-order valence-corrected chi connectivity index (χ1v) is 6.07. The minimum atomic E-state index is -0.0661. The van der Waals surface area contributed by atoms with Crippen molar-refractivity contribution in [2.24, 2.45) is 17.8 Å². The molecule has 0 aromatic carbocycles. The summed E-state index contributed by atoms with van der Waals surface area (Å²) in [6, 6.07) is 0.212. The monoisotopic (exact) mass is 229 g/mol. The van der Waals surface area contributed by atoms with E-state index in [4.69, 9.17) is 4.74 Å². The molecule has 0 fully saturated rings. The number of methoxy groups -OCH3 is 1. The number of carbonyl (C=O) groups is 1. The summed E-state index contributed by atoms with van der Waals surface area (Å²) >= 11 is 0. The lowest BCUT2D eigenvalue weighted by Gasteiger charge is -2.35. The second kappa shape index (κ2) is 7.02. The van der Waals surface area contributed by atoms with Crippen molar-refractivity contribution in [1.29, 1.82) is 0 Å². The fourth-order valence-electron chi connectivity index (χ4n) is 2.03. The Morgan fingerprint density at radius 1 is 1.19 bits per heavy atom. The fraction of sp³-hybridized carbons (Fsp3) is 0.923. The summed E-state index contributed by atoms with van der Waals surface area (Å²) in [5, 5.41) is 3.29. The van der Waals surface area contributed by atoms with Crippen LogP contribution in [-0.2, 0) is 9.53 Å². The molecule has 0 bridgehead atoms.